The Morgan fingerprint density at radius 2 is 2.18 bits per heavy atom. The maximum absolute atomic E-state index is 12.2. The molecule has 0 saturated carbocycles. The topological polar surface area (TPSA) is 57.8 Å². The first-order valence-corrected chi connectivity index (χ1v) is 7.77. The lowest BCUT2D eigenvalue weighted by Gasteiger charge is -2.30. The average molecular weight is 320 g/mol. The van der Waals surface area contributed by atoms with Gasteiger partial charge in [0.15, 0.2) is 5.15 Å². The first-order chi connectivity index (χ1) is 10.7. The molecule has 0 atom stereocenters. The SMILES string of the molecule is O=C(/C=C/c1c(Cl)nc2ccccn12)N1CCC(CO)CC1. The number of hydrogen-bond acceptors (Lipinski definition) is 3. The average Bonchev–Trinajstić information content (AvgIpc) is 2.88. The van der Waals surface area contributed by atoms with Crippen LogP contribution in [0.15, 0.2) is 30.5 Å². The van der Waals surface area contributed by atoms with Gasteiger partial charge in [0, 0.05) is 32.0 Å². The number of rotatable bonds is 3. The van der Waals surface area contributed by atoms with Crippen LogP contribution >= 0.6 is 11.6 Å². The van der Waals surface area contributed by atoms with Gasteiger partial charge in [0.1, 0.15) is 5.65 Å². The lowest BCUT2D eigenvalue weighted by Crippen LogP contribution is -2.38. The van der Waals surface area contributed by atoms with E-state index in [9.17, 15) is 4.79 Å². The highest BCUT2D eigenvalue weighted by Gasteiger charge is 2.20. The highest BCUT2D eigenvalue weighted by molar-refractivity contribution is 6.31. The molecule has 22 heavy (non-hydrogen) atoms. The normalized spacial score (nSPS) is 16.7. The lowest BCUT2D eigenvalue weighted by atomic mass is 9.98. The van der Waals surface area contributed by atoms with Crippen LogP contribution in [0.2, 0.25) is 5.15 Å². The van der Waals surface area contributed by atoms with E-state index in [1.807, 2.05) is 28.8 Å². The number of hydrogen-bond donors (Lipinski definition) is 1. The predicted molar refractivity (Wildman–Crippen MR) is 85.6 cm³/mol. The number of aliphatic hydroxyl groups excluding tert-OH is 1. The van der Waals surface area contributed by atoms with Gasteiger partial charge in [0.05, 0.1) is 5.69 Å². The van der Waals surface area contributed by atoms with Gasteiger partial charge in [0.25, 0.3) is 0 Å². The summed E-state index contributed by atoms with van der Waals surface area (Å²) >= 11 is 6.14. The van der Waals surface area contributed by atoms with Gasteiger partial charge in [-0.25, -0.2) is 4.98 Å². The van der Waals surface area contributed by atoms with Gasteiger partial charge in [-0.3, -0.25) is 9.20 Å². The summed E-state index contributed by atoms with van der Waals surface area (Å²) in [6.07, 6.45) is 6.83. The molecule has 0 spiro atoms. The van der Waals surface area contributed by atoms with Crippen molar-refractivity contribution < 1.29 is 9.90 Å². The molecule has 0 unspecified atom stereocenters. The number of amides is 1. The summed E-state index contributed by atoms with van der Waals surface area (Å²) in [6.45, 7) is 1.58. The minimum absolute atomic E-state index is 0.0293. The summed E-state index contributed by atoms with van der Waals surface area (Å²) in [5.74, 6) is 0.291. The van der Waals surface area contributed by atoms with E-state index in [0.29, 0.717) is 29.9 Å². The third-order valence-corrected chi connectivity index (χ3v) is 4.37. The molecule has 5 nitrogen and oxygen atoms in total. The molecule has 0 bridgehead atoms. The van der Waals surface area contributed by atoms with Crippen molar-refractivity contribution in [1.29, 1.82) is 0 Å². The quantitative estimate of drug-likeness (QED) is 0.883. The Bertz CT molecular complexity index is 702. The molecule has 2 aromatic rings. The fourth-order valence-corrected chi connectivity index (χ4v) is 2.97. The molecule has 116 valence electrons. The van der Waals surface area contributed by atoms with Gasteiger partial charge >= 0.3 is 0 Å². The molecule has 0 aromatic carbocycles. The summed E-state index contributed by atoms with van der Waals surface area (Å²) in [5, 5.41) is 9.52. The van der Waals surface area contributed by atoms with Crippen LogP contribution < -0.4 is 0 Å². The van der Waals surface area contributed by atoms with Crippen LogP contribution in [-0.2, 0) is 4.79 Å². The monoisotopic (exact) mass is 319 g/mol. The van der Waals surface area contributed by atoms with Gasteiger partial charge in [-0.2, -0.15) is 0 Å². The van der Waals surface area contributed by atoms with Crippen molar-refractivity contribution in [1.82, 2.24) is 14.3 Å². The highest BCUT2D eigenvalue weighted by Crippen LogP contribution is 2.20. The smallest absolute Gasteiger partial charge is 0.246 e. The van der Waals surface area contributed by atoms with Crippen molar-refractivity contribution in [3.8, 4) is 0 Å². The first kappa shape index (κ1) is 15.1. The van der Waals surface area contributed by atoms with E-state index in [0.717, 1.165) is 18.5 Å². The van der Waals surface area contributed by atoms with Crippen molar-refractivity contribution in [2.75, 3.05) is 19.7 Å². The molecule has 6 heteroatoms. The summed E-state index contributed by atoms with van der Waals surface area (Å²) < 4.78 is 1.85. The molecule has 1 N–H and O–H groups in total. The number of piperidine rings is 1. The van der Waals surface area contributed by atoms with Crippen LogP contribution in [0.3, 0.4) is 0 Å². The van der Waals surface area contributed by atoms with E-state index >= 15 is 0 Å². The molecule has 1 fully saturated rings. The molecule has 0 radical (unpaired) electrons. The van der Waals surface area contributed by atoms with Crippen molar-refractivity contribution >= 4 is 29.2 Å². The Hall–Kier alpha value is -1.85. The van der Waals surface area contributed by atoms with Crippen LogP contribution in [0.5, 0.6) is 0 Å². The number of aliphatic hydroxyl groups is 1. The Morgan fingerprint density at radius 1 is 1.41 bits per heavy atom. The van der Waals surface area contributed by atoms with Crippen LogP contribution in [0.25, 0.3) is 11.7 Å². The van der Waals surface area contributed by atoms with E-state index in [1.165, 1.54) is 0 Å². The number of halogens is 1. The highest BCUT2D eigenvalue weighted by atomic mass is 35.5. The maximum Gasteiger partial charge on any atom is 0.246 e. The number of carbonyl (C=O) groups is 1. The Kier molecular flexibility index (Phi) is 4.45. The Balaban J connectivity index is 1.73. The van der Waals surface area contributed by atoms with Crippen molar-refractivity contribution in [3.05, 3.63) is 41.3 Å². The fraction of sp³-hybridized carbons (Fsp3) is 0.375. The van der Waals surface area contributed by atoms with Gasteiger partial charge < -0.3 is 10.0 Å². The first-order valence-electron chi connectivity index (χ1n) is 7.39. The molecular formula is C16H18ClN3O2. The minimum atomic E-state index is -0.0293. The summed E-state index contributed by atoms with van der Waals surface area (Å²) in [6, 6.07) is 5.65. The molecule has 3 rings (SSSR count). The third-order valence-electron chi connectivity index (χ3n) is 4.09. The molecule has 0 aliphatic carbocycles. The molecule has 1 saturated heterocycles. The van der Waals surface area contributed by atoms with Gasteiger partial charge in [-0.05, 0) is 37.0 Å². The summed E-state index contributed by atoms with van der Waals surface area (Å²) in [4.78, 5) is 18.3. The number of fused-ring (bicyclic) bond motifs is 1. The molecule has 3 heterocycles. The lowest BCUT2D eigenvalue weighted by molar-refractivity contribution is -0.127. The zero-order valence-corrected chi connectivity index (χ0v) is 12.9. The van der Waals surface area contributed by atoms with Crippen molar-refractivity contribution in [2.24, 2.45) is 5.92 Å². The number of imidazole rings is 1. The van der Waals surface area contributed by atoms with E-state index < -0.39 is 0 Å². The predicted octanol–water partition coefficient (Wildman–Crippen LogP) is 2.23. The standard InChI is InChI=1S/C16H18ClN3O2/c17-16-13(20-8-2-1-3-14(20)18-16)4-5-15(22)19-9-6-12(11-21)7-10-19/h1-5,8,12,21H,6-7,9-11H2/b5-4+. The van der Waals surface area contributed by atoms with E-state index in [1.54, 1.807) is 17.1 Å². The molecule has 1 aliphatic rings. The number of aromatic nitrogens is 2. The largest absolute Gasteiger partial charge is 0.396 e. The summed E-state index contributed by atoms with van der Waals surface area (Å²) in [5.41, 5.74) is 1.46. The minimum Gasteiger partial charge on any atom is -0.396 e. The van der Waals surface area contributed by atoms with Crippen molar-refractivity contribution in [3.63, 3.8) is 0 Å². The van der Waals surface area contributed by atoms with Crippen LogP contribution in [-0.4, -0.2) is 45.0 Å². The zero-order chi connectivity index (χ0) is 15.5. The van der Waals surface area contributed by atoms with E-state index in [4.69, 9.17) is 16.7 Å². The zero-order valence-electron chi connectivity index (χ0n) is 12.2. The Labute approximate surface area is 133 Å². The number of pyridine rings is 1. The summed E-state index contributed by atoms with van der Waals surface area (Å²) in [7, 11) is 0. The second-order valence-corrected chi connectivity index (χ2v) is 5.86. The molecule has 2 aromatic heterocycles. The van der Waals surface area contributed by atoms with Gasteiger partial charge in [0.2, 0.25) is 5.91 Å². The van der Waals surface area contributed by atoms with Crippen LogP contribution in [0, 0.1) is 5.92 Å². The number of carbonyl (C=O) groups excluding carboxylic acids is 1. The number of likely N-dealkylation sites (tertiary alicyclic amines) is 1. The van der Waals surface area contributed by atoms with Crippen molar-refractivity contribution in [2.45, 2.75) is 12.8 Å². The Morgan fingerprint density at radius 3 is 2.91 bits per heavy atom. The van der Waals surface area contributed by atoms with E-state index in [-0.39, 0.29) is 12.5 Å². The fourth-order valence-electron chi connectivity index (χ4n) is 2.73. The second kappa shape index (κ2) is 6.50. The van der Waals surface area contributed by atoms with E-state index in [2.05, 4.69) is 4.98 Å². The number of nitrogens with zero attached hydrogens (tertiary/aromatic N) is 3. The van der Waals surface area contributed by atoms with Crippen LogP contribution in [0.4, 0.5) is 0 Å². The third kappa shape index (κ3) is 3.00. The van der Waals surface area contributed by atoms with Crippen LogP contribution in [0.1, 0.15) is 18.5 Å². The second-order valence-electron chi connectivity index (χ2n) is 5.50. The molecule has 1 amide bonds. The van der Waals surface area contributed by atoms with Gasteiger partial charge in [-0.15, -0.1) is 0 Å². The molecular weight excluding hydrogens is 302 g/mol. The molecule has 1 aliphatic heterocycles. The maximum atomic E-state index is 12.2. The van der Waals surface area contributed by atoms with Gasteiger partial charge in [-0.1, -0.05) is 17.7 Å².